The van der Waals surface area contributed by atoms with Crippen LogP contribution in [-0.2, 0) is 24.9 Å². The molecule has 0 amide bonds. The summed E-state index contributed by atoms with van der Waals surface area (Å²) in [5, 5.41) is 8.36. The Labute approximate surface area is 159 Å². The molecule has 0 atom stereocenters. The summed E-state index contributed by atoms with van der Waals surface area (Å²) in [6.45, 7) is 2.85. The fourth-order valence-electron chi connectivity index (χ4n) is 1.91. The van der Waals surface area contributed by atoms with E-state index in [4.69, 9.17) is 9.52 Å². The molecular formula is C19H18IrN2O3. The molecule has 3 rings (SSSR count). The molecule has 6 heteroatoms. The summed E-state index contributed by atoms with van der Waals surface area (Å²) < 4.78 is 5.68. The molecule has 25 heavy (non-hydrogen) atoms. The van der Waals surface area contributed by atoms with Crippen molar-refractivity contribution in [1.29, 1.82) is 0 Å². The SMILES string of the molecule is CC(=O)/C=C(/C)O.[Ir].c1ccc(-c2cnc(-c3ccccn3)o2)cc1. The molecule has 0 saturated carbocycles. The van der Waals surface area contributed by atoms with Gasteiger partial charge < -0.3 is 9.52 Å². The van der Waals surface area contributed by atoms with Crippen molar-refractivity contribution in [3.63, 3.8) is 0 Å². The molecule has 1 N–H and O–H groups in total. The van der Waals surface area contributed by atoms with E-state index in [1.807, 2.05) is 48.5 Å². The Balaban J connectivity index is 0.000000339. The molecule has 0 bridgehead atoms. The van der Waals surface area contributed by atoms with Crippen LogP contribution in [-0.4, -0.2) is 20.9 Å². The first-order valence-corrected chi connectivity index (χ1v) is 7.36. The molecule has 1 radical (unpaired) electrons. The summed E-state index contributed by atoms with van der Waals surface area (Å²) in [5.74, 6) is 1.24. The maximum Gasteiger partial charge on any atom is 0.245 e. The Morgan fingerprint density at radius 1 is 1.04 bits per heavy atom. The number of hydrogen-bond donors (Lipinski definition) is 1. The van der Waals surface area contributed by atoms with Gasteiger partial charge in [0.15, 0.2) is 11.5 Å². The van der Waals surface area contributed by atoms with Crippen molar-refractivity contribution in [2.24, 2.45) is 0 Å². The fourth-order valence-corrected chi connectivity index (χ4v) is 1.91. The molecule has 131 valence electrons. The van der Waals surface area contributed by atoms with Gasteiger partial charge in [0.1, 0.15) is 5.69 Å². The van der Waals surface area contributed by atoms with Gasteiger partial charge in [-0.05, 0) is 26.0 Å². The average Bonchev–Trinajstić information content (AvgIpc) is 3.06. The Hall–Kier alpha value is -2.56. The molecule has 0 spiro atoms. The van der Waals surface area contributed by atoms with Gasteiger partial charge in [-0.2, -0.15) is 0 Å². The Morgan fingerprint density at radius 3 is 2.24 bits per heavy atom. The van der Waals surface area contributed by atoms with Crippen molar-refractivity contribution in [3.8, 4) is 22.9 Å². The van der Waals surface area contributed by atoms with Crippen LogP contribution in [0.25, 0.3) is 22.9 Å². The minimum absolute atomic E-state index is 0. The van der Waals surface area contributed by atoms with Crippen LogP contribution in [0.5, 0.6) is 0 Å². The van der Waals surface area contributed by atoms with Crippen LogP contribution in [0.3, 0.4) is 0 Å². The molecule has 0 aliphatic heterocycles. The molecule has 3 aromatic rings. The number of carbonyl (C=O) groups is 1. The third kappa shape index (κ3) is 6.83. The minimum atomic E-state index is -0.125. The van der Waals surface area contributed by atoms with Gasteiger partial charge in [-0.15, -0.1) is 0 Å². The minimum Gasteiger partial charge on any atom is -0.512 e. The van der Waals surface area contributed by atoms with E-state index in [0.29, 0.717) is 5.89 Å². The maximum absolute atomic E-state index is 10.0. The number of rotatable bonds is 3. The van der Waals surface area contributed by atoms with Gasteiger partial charge in [0, 0.05) is 37.9 Å². The van der Waals surface area contributed by atoms with Crippen LogP contribution in [0.15, 0.2) is 77.2 Å². The first-order chi connectivity index (χ1) is 11.6. The number of aromatic nitrogens is 2. The van der Waals surface area contributed by atoms with Gasteiger partial charge in [0.05, 0.1) is 12.0 Å². The number of aliphatic hydroxyl groups is 1. The summed E-state index contributed by atoms with van der Waals surface area (Å²) in [6.07, 6.45) is 4.61. The topological polar surface area (TPSA) is 76.2 Å². The second-order valence-corrected chi connectivity index (χ2v) is 5.01. The zero-order valence-electron chi connectivity index (χ0n) is 13.8. The molecule has 1 aromatic carbocycles. The molecule has 2 heterocycles. The van der Waals surface area contributed by atoms with Crippen molar-refractivity contribution in [2.75, 3.05) is 0 Å². The summed E-state index contributed by atoms with van der Waals surface area (Å²) in [7, 11) is 0. The Kier molecular flexibility index (Phi) is 8.47. The summed E-state index contributed by atoms with van der Waals surface area (Å²) in [4.78, 5) is 18.5. The zero-order chi connectivity index (χ0) is 17.4. The predicted octanol–water partition coefficient (Wildman–Crippen LogP) is 4.44. The molecule has 0 aliphatic rings. The largest absolute Gasteiger partial charge is 0.512 e. The molecule has 0 saturated heterocycles. The van der Waals surface area contributed by atoms with E-state index in [-0.39, 0.29) is 31.6 Å². The summed E-state index contributed by atoms with van der Waals surface area (Å²) >= 11 is 0. The van der Waals surface area contributed by atoms with Crippen molar-refractivity contribution in [3.05, 3.63) is 72.8 Å². The monoisotopic (exact) mass is 515 g/mol. The molecular weight excluding hydrogens is 496 g/mol. The molecule has 5 nitrogen and oxygen atoms in total. The number of aliphatic hydroxyl groups excluding tert-OH is 1. The van der Waals surface area contributed by atoms with Crippen molar-refractivity contribution in [1.82, 2.24) is 9.97 Å². The zero-order valence-corrected chi connectivity index (χ0v) is 16.2. The molecule has 0 fully saturated rings. The molecule has 2 aromatic heterocycles. The first-order valence-electron chi connectivity index (χ1n) is 7.36. The van der Waals surface area contributed by atoms with Gasteiger partial charge in [-0.3, -0.25) is 9.78 Å². The number of oxazole rings is 1. The summed E-state index contributed by atoms with van der Waals surface area (Å²) in [6, 6.07) is 15.5. The first kappa shape index (κ1) is 20.5. The van der Waals surface area contributed by atoms with Gasteiger partial charge >= 0.3 is 0 Å². The normalized spacial score (nSPS) is 10.2. The van der Waals surface area contributed by atoms with E-state index in [1.165, 1.54) is 19.9 Å². The van der Waals surface area contributed by atoms with Gasteiger partial charge in [0.2, 0.25) is 5.89 Å². The van der Waals surface area contributed by atoms with E-state index in [1.54, 1.807) is 12.4 Å². The predicted molar refractivity (Wildman–Crippen MR) is 92.2 cm³/mol. The van der Waals surface area contributed by atoms with E-state index < -0.39 is 0 Å². The standard InChI is InChI=1S/C14H10N2O.C5H8O2.Ir/c1-2-6-11(7-3-1)13-10-16-14(17-13)12-8-4-5-9-15-12;1-4(6)3-5(2)7;/h1-10H;3,6H,1-2H3;/b;4-3-;. The van der Waals surface area contributed by atoms with Crippen molar-refractivity contribution < 1.29 is 34.4 Å². The van der Waals surface area contributed by atoms with Crippen LogP contribution in [0.2, 0.25) is 0 Å². The number of pyridine rings is 1. The number of hydrogen-bond acceptors (Lipinski definition) is 5. The van der Waals surface area contributed by atoms with E-state index in [9.17, 15) is 4.79 Å². The number of benzene rings is 1. The number of nitrogens with zero attached hydrogens (tertiary/aromatic N) is 2. The van der Waals surface area contributed by atoms with E-state index in [0.717, 1.165) is 17.0 Å². The van der Waals surface area contributed by atoms with Crippen molar-refractivity contribution >= 4 is 5.78 Å². The Morgan fingerprint density at radius 2 is 1.72 bits per heavy atom. The number of carbonyl (C=O) groups excluding carboxylic acids is 1. The van der Waals surface area contributed by atoms with Crippen LogP contribution >= 0.6 is 0 Å². The van der Waals surface area contributed by atoms with E-state index in [2.05, 4.69) is 9.97 Å². The number of ketones is 1. The summed E-state index contributed by atoms with van der Waals surface area (Å²) in [5.41, 5.74) is 1.76. The van der Waals surface area contributed by atoms with Crippen LogP contribution < -0.4 is 0 Å². The Bertz CT molecular complexity index is 757. The van der Waals surface area contributed by atoms with Crippen LogP contribution in [0.4, 0.5) is 0 Å². The third-order valence-electron chi connectivity index (χ3n) is 2.86. The van der Waals surface area contributed by atoms with E-state index >= 15 is 0 Å². The molecule has 0 unspecified atom stereocenters. The number of allylic oxidation sites excluding steroid dienone is 2. The van der Waals surface area contributed by atoms with Crippen molar-refractivity contribution in [2.45, 2.75) is 13.8 Å². The fraction of sp³-hybridized carbons (Fsp3) is 0.105. The van der Waals surface area contributed by atoms with Crippen LogP contribution in [0, 0.1) is 0 Å². The van der Waals surface area contributed by atoms with Gasteiger partial charge in [-0.1, -0.05) is 36.4 Å². The average molecular weight is 515 g/mol. The maximum atomic E-state index is 10.0. The smallest absolute Gasteiger partial charge is 0.245 e. The second kappa shape index (κ2) is 10.3. The van der Waals surface area contributed by atoms with Crippen LogP contribution in [0.1, 0.15) is 13.8 Å². The third-order valence-corrected chi connectivity index (χ3v) is 2.86. The van der Waals surface area contributed by atoms with Gasteiger partial charge in [-0.25, -0.2) is 4.98 Å². The second-order valence-electron chi connectivity index (χ2n) is 5.01. The molecule has 0 aliphatic carbocycles. The van der Waals surface area contributed by atoms with Gasteiger partial charge in [0.25, 0.3) is 0 Å². The quantitative estimate of drug-likeness (QED) is 0.413.